The molecule has 1 N–H and O–H groups in total. The topological polar surface area (TPSA) is 105 Å². The number of hydrazone groups is 1. The minimum atomic E-state index is -0.644. The summed E-state index contributed by atoms with van der Waals surface area (Å²) in [5.41, 5.74) is 4.86. The first kappa shape index (κ1) is 25.1. The van der Waals surface area contributed by atoms with Crippen LogP contribution in [0.25, 0.3) is 0 Å². The maximum atomic E-state index is 12.8. The smallest absolute Gasteiger partial charge is 0.343 e. The molecule has 3 rings (SSSR count). The van der Waals surface area contributed by atoms with Crippen molar-refractivity contribution in [3.8, 4) is 28.7 Å². The largest absolute Gasteiger partial charge is 0.493 e. The predicted octanol–water partition coefficient (Wildman–Crippen LogP) is 4.01. The number of aryl methyl sites for hydroxylation is 1. The molecular formula is C26H26N2O7. The number of carbonyl (C=O) groups is 2. The fourth-order valence-electron chi connectivity index (χ4n) is 3.14. The van der Waals surface area contributed by atoms with Gasteiger partial charge in [0, 0.05) is 5.56 Å². The molecule has 0 fully saturated rings. The monoisotopic (exact) mass is 478 g/mol. The molecule has 0 aromatic heterocycles. The molecule has 0 bridgehead atoms. The van der Waals surface area contributed by atoms with Crippen molar-refractivity contribution in [2.75, 3.05) is 28.4 Å². The highest BCUT2D eigenvalue weighted by atomic mass is 16.6. The summed E-state index contributed by atoms with van der Waals surface area (Å²) in [5.74, 6) is 0.544. The molecule has 0 unspecified atom stereocenters. The Balaban J connectivity index is 1.73. The Hall–Kier alpha value is -4.53. The van der Waals surface area contributed by atoms with Crippen LogP contribution in [0.4, 0.5) is 0 Å². The van der Waals surface area contributed by atoms with E-state index in [-0.39, 0.29) is 17.2 Å². The minimum Gasteiger partial charge on any atom is -0.493 e. The second-order valence-corrected chi connectivity index (χ2v) is 7.28. The molecule has 0 aliphatic heterocycles. The summed E-state index contributed by atoms with van der Waals surface area (Å²) in [7, 11) is 5.84. The van der Waals surface area contributed by atoms with Crippen LogP contribution in [0.1, 0.15) is 31.8 Å². The molecule has 35 heavy (non-hydrogen) atoms. The molecule has 9 nitrogen and oxygen atoms in total. The van der Waals surface area contributed by atoms with E-state index in [1.807, 2.05) is 19.1 Å². The number of amides is 1. The van der Waals surface area contributed by atoms with Crippen molar-refractivity contribution in [3.63, 3.8) is 0 Å². The lowest BCUT2D eigenvalue weighted by Crippen LogP contribution is -2.17. The van der Waals surface area contributed by atoms with E-state index in [0.717, 1.165) is 5.56 Å². The van der Waals surface area contributed by atoms with E-state index in [0.29, 0.717) is 34.1 Å². The van der Waals surface area contributed by atoms with Gasteiger partial charge in [-0.2, -0.15) is 5.10 Å². The molecule has 0 atom stereocenters. The van der Waals surface area contributed by atoms with Gasteiger partial charge in [-0.25, -0.2) is 10.2 Å². The molecule has 0 saturated heterocycles. The molecular weight excluding hydrogens is 452 g/mol. The van der Waals surface area contributed by atoms with Crippen LogP contribution in [0.2, 0.25) is 0 Å². The summed E-state index contributed by atoms with van der Waals surface area (Å²) in [6.07, 6.45) is 1.46. The molecule has 0 saturated carbocycles. The van der Waals surface area contributed by atoms with Gasteiger partial charge in [0.05, 0.1) is 40.2 Å². The van der Waals surface area contributed by atoms with Crippen molar-refractivity contribution < 1.29 is 33.3 Å². The Labute approximate surface area is 203 Å². The molecule has 3 aromatic carbocycles. The number of hydrogen-bond acceptors (Lipinski definition) is 8. The van der Waals surface area contributed by atoms with E-state index in [1.165, 1.54) is 46.8 Å². The van der Waals surface area contributed by atoms with Crippen LogP contribution in [0.3, 0.4) is 0 Å². The summed E-state index contributed by atoms with van der Waals surface area (Å²) in [6.45, 7) is 1.94. The third-order valence-corrected chi connectivity index (χ3v) is 4.98. The summed E-state index contributed by atoms with van der Waals surface area (Å²) >= 11 is 0. The standard InChI is InChI=1S/C26H26N2O7/c1-16-6-9-18(10-7-16)25(29)28-27-15-17-8-11-20(21(12-17)31-2)35-26(30)19-13-22(32-3)24(34-5)23(14-19)33-4/h6-15H,1-5H3,(H,28,29)/b27-15+. The van der Waals surface area contributed by atoms with Crippen LogP contribution in [-0.2, 0) is 0 Å². The highest BCUT2D eigenvalue weighted by molar-refractivity contribution is 5.95. The fraction of sp³-hybridized carbons (Fsp3) is 0.192. The second kappa shape index (κ2) is 11.6. The van der Waals surface area contributed by atoms with E-state index >= 15 is 0 Å². The van der Waals surface area contributed by atoms with E-state index in [4.69, 9.17) is 23.7 Å². The van der Waals surface area contributed by atoms with Crippen LogP contribution >= 0.6 is 0 Å². The molecule has 0 heterocycles. The van der Waals surface area contributed by atoms with Crippen LogP contribution in [0.5, 0.6) is 28.7 Å². The van der Waals surface area contributed by atoms with Gasteiger partial charge in [0.2, 0.25) is 5.75 Å². The first-order valence-corrected chi connectivity index (χ1v) is 10.5. The van der Waals surface area contributed by atoms with Crippen LogP contribution in [-0.4, -0.2) is 46.5 Å². The van der Waals surface area contributed by atoms with Crippen molar-refractivity contribution in [2.24, 2.45) is 5.10 Å². The predicted molar refractivity (Wildman–Crippen MR) is 130 cm³/mol. The highest BCUT2D eigenvalue weighted by Crippen LogP contribution is 2.38. The average molecular weight is 479 g/mol. The summed E-state index contributed by atoms with van der Waals surface area (Å²) < 4.78 is 26.7. The Morgan fingerprint density at radius 2 is 1.37 bits per heavy atom. The number of methoxy groups -OCH3 is 4. The van der Waals surface area contributed by atoms with Gasteiger partial charge in [0.25, 0.3) is 5.91 Å². The molecule has 9 heteroatoms. The fourth-order valence-corrected chi connectivity index (χ4v) is 3.14. The Bertz CT molecular complexity index is 1210. The molecule has 3 aromatic rings. The minimum absolute atomic E-state index is 0.200. The Morgan fingerprint density at radius 1 is 0.743 bits per heavy atom. The number of carbonyl (C=O) groups excluding carboxylic acids is 2. The van der Waals surface area contributed by atoms with Gasteiger partial charge < -0.3 is 23.7 Å². The first-order chi connectivity index (χ1) is 16.9. The van der Waals surface area contributed by atoms with Gasteiger partial charge in [-0.3, -0.25) is 4.79 Å². The molecule has 0 aliphatic rings. The normalized spacial score (nSPS) is 10.5. The van der Waals surface area contributed by atoms with Gasteiger partial charge in [-0.15, -0.1) is 0 Å². The van der Waals surface area contributed by atoms with Gasteiger partial charge in [-0.1, -0.05) is 17.7 Å². The van der Waals surface area contributed by atoms with E-state index in [2.05, 4.69) is 10.5 Å². The summed E-state index contributed by atoms with van der Waals surface area (Å²) in [4.78, 5) is 25.0. The van der Waals surface area contributed by atoms with Gasteiger partial charge in [-0.05, 0) is 55.0 Å². The van der Waals surface area contributed by atoms with Crippen LogP contribution in [0.15, 0.2) is 59.7 Å². The number of benzene rings is 3. The van der Waals surface area contributed by atoms with Crippen LogP contribution < -0.4 is 29.1 Å². The zero-order chi connectivity index (χ0) is 25.4. The molecule has 182 valence electrons. The Morgan fingerprint density at radius 3 is 1.94 bits per heavy atom. The quantitative estimate of drug-likeness (QED) is 0.214. The summed E-state index contributed by atoms with van der Waals surface area (Å²) in [5, 5.41) is 3.98. The number of ether oxygens (including phenoxy) is 5. The molecule has 0 radical (unpaired) electrons. The number of esters is 1. The van der Waals surface area contributed by atoms with Crippen molar-refractivity contribution in [1.29, 1.82) is 0 Å². The lowest BCUT2D eigenvalue weighted by Gasteiger charge is -2.14. The molecule has 1 amide bonds. The number of nitrogens with zero attached hydrogens (tertiary/aromatic N) is 1. The Kier molecular flexibility index (Phi) is 8.29. The number of rotatable bonds is 9. The third kappa shape index (κ3) is 6.08. The van der Waals surface area contributed by atoms with E-state index < -0.39 is 5.97 Å². The molecule has 0 aliphatic carbocycles. The highest BCUT2D eigenvalue weighted by Gasteiger charge is 2.19. The third-order valence-electron chi connectivity index (χ3n) is 4.98. The van der Waals surface area contributed by atoms with E-state index in [9.17, 15) is 9.59 Å². The average Bonchev–Trinajstić information content (AvgIpc) is 2.88. The van der Waals surface area contributed by atoms with Crippen molar-refractivity contribution in [3.05, 3.63) is 76.9 Å². The molecule has 0 spiro atoms. The SMILES string of the molecule is COc1cc(/C=N/NC(=O)c2ccc(C)cc2)ccc1OC(=O)c1cc(OC)c(OC)c(OC)c1. The lowest BCUT2D eigenvalue weighted by molar-refractivity contribution is 0.0728. The van der Waals surface area contributed by atoms with Crippen molar-refractivity contribution >= 4 is 18.1 Å². The zero-order valence-electron chi connectivity index (χ0n) is 20.1. The van der Waals surface area contributed by atoms with Gasteiger partial charge >= 0.3 is 5.97 Å². The lowest BCUT2D eigenvalue weighted by atomic mass is 10.1. The van der Waals surface area contributed by atoms with E-state index in [1.54, 1.807) is 30.3 Å². The summed E-state index contributed by atoms with van der Waals surface area (Å²) in [6, 6.07) is 15.0. The number of hydrogen-bond donors (Lipinski definition) is 1. The maximum absolute atomic E-state index is 12.8. The zero-order valence-corrected chi connectivity index (χ0v) is 20.1. The van der Waals surface area contributed by atoms with Crippen molar-refractivity contribution in [2.45, 2.75) is 6.92 Å². The van der Waals surface area contributed by atoms with Crippen molar-refractivity contribution in [1.82, 2.24) is 5.43 Å². The van der Waals surface area contributed by atoms with Crippen LogP contribution in [0, 0.1) is 6.92 Å². The first-order valence-electron chi connectivity index (χ1n) is 10.5. The second-order valence-electron chi connectivity index (χ2n) is 7.28. The van der Waals surface area contributed by atoms with Gasteiger partial charge in [0.15, 0.2) is 23.0 Å². The maximum Gasteiger partial charge on any atom is 0.343 e. The number of nitrogens with one attached hydrogen (secondary N) is 1. The van der Waals surface area contributed by atoms with Gasteiger partial charge in [0.1, 0.15) is 0 Å².